The zero-order valence-corrected chi connectivity index (χ0v) is 12.8. The molecule has 1 unspecified atom stereocenters. The fraction of sp³-hybridized carbons (Fsp3) is 0.235. The summed E-state index contributed by atoms with van der Waals surface area (Å²) in [5.74, 6) is -0.551. The van der Waals surface area contributed by atoms with Gasteiger partial charge in [-0.1, -0.05) is 67.6 Å². The standard InChI is InChI=1S/C13H12.C4H8O3S/c1-3-7-12(8-4-1)11-13-9-5-2-6-10-13;1-2-8-4(7)3(5)6/h1-10H,11H2;4,7H,2H2,1H3,(H,5,6). The molecule has 0 amide bonds. The number of aliphatic hydroxyl groups excluding tert-OH is 1. The number of hydrogen-bond acceptors (Lipinski definition) is 3. The van der Waals surface area contributed by atoms with Gasteiger partial charge in [-0.3, -0.25) is 0 Å². The maximum atomic E-state index is 9.82. The van der Waals surface area contributed by atoms with Crippen molar-refractivity contribution in [2.45, 2.75) is 18.8 Å². The van der Waals surface area contributed by atoms with Gasteiger partial charge < -0.3 is 10.2 Å². The summed E-state index contributed by atoms with van der Waals surface area (Å²) in [5, 5.41) is 16.5. The summed E-state index contributed by atoms with van der Waals surface area (Å²) in [6, 6.07) is 21.1. The maximum Gasteiger partial charge on any atom is 0.343 e. The molecule has 4 heteroatoms. The predicted octanol–water partition coefficient (Wildman–Crippen LogP) is 3.42. The first-order valence-corrected chi connectivity index (χ1v) is 7.78. The Kier molecular flexibility index (Phi) is 8.24. The predicted molar refractivity (Wildman–Crippen MR) is 87.5 cm³/mol. The van der Waals surface area contributed by atoms with Crippen molar-refractivity contribution in [1.82, 2.24) is 0 Å². The molecule has 2 aromatic rings. The van der Waals surface area contributed by atoms with Gasteiger partial charge in [0.2, 0.25) is 0 Å². The Morgan fingerprint density at radius 3 is 1.71 bits per heavy atom. The van der Waals surface area contributed by atoms with Crippen molar-refractivity contribution in [3.05, 3.63) is 71.8 Å². The highest BCUT2D eigenvalue weighted by Gasteiger charge is 2.10. The molecule has 0 aliphatic carbocycles. The first-order valence-electron chi connectivity index (χ1n) is 6.73. The van der Waals surface area contributed by atoms with Crippen LogP contribution in [0.15, 0.2) is 60.7 Å². The highest BCUT2D eigenvalue weighted by molar-refractivity contribution is 8.00. The van der Waals surface area contributed by atoms with E-state index in [1.807, 2.05) is 0 Å². The Labute approximate surface area is 129 Å². The summed E-state index contributed by atoms with van der Waals surface area (Å²) in [6.07, 6.45) is 1.03. The Morgan fingerprint density at radius 1 is 1.00 bits per heavy atom. The van der Waals surface area contributed by atoms with Gasteiger partial charge in [0, 0.05) is 0 Å². The zero-order chi connectivity index (χ0) is 15.5. The van der Waals surface area contributed by atoms with Crippen LogP contribution >= 0.6 is 11.8 Å². The first-order chi connectivity index (χ1) is 10.1. The average Bonchev–Trinajstić information content (AvgIpc) is 2.50. The van der Waals surface area contributed by atoms with Gasteiger partial charge in [-0.05, 0) is 23.3 Å². The van der Waals surface area contributed by atoms with E-state index in [4.69, 9.17) is 10.2 Å². The molecule has 112 valence electrons. The van der Waals surface area contributed by atoms with Crippen molar-refractivity contribution in [2.75, 3.05) is 5.75 Å². The lowest BCUT2D eigenvalue weighted by Crippen LogP contribution is -2.14. The van der Waals surface area contributed by atoms with Crippen LogP contribution in [0.2, 0.25) is 0 Å². The number of hydrogen-bond donors (Lipinski definition) is 2. The second-order valence-corrected chi connectivity index (χ2v) is 5.65. The van der Waals surface area contributed by atoms with E-state index in [1.54, 1.807) is 6.92 Å². The molecule has 21 heavy (non-hydrogen) atoms. The SMILES string of the molecule is CCSC(O)C(=O)O.c1ccc(Cc2ccccc2)cc1. The molecule has 1 atom stereocenters. The lowest BCUT2D eigenvalue weighted by molar-refractivity contribution is -0.141. The normalized spacial score (nSPS) is 11.1. The number of carboxylic acid groups (broad SMARTS) is 1. The number of carboxylic acids is 1. The largest absolute Gasteiger partial charge is 0.479 e. The van der Waals surface area contributed by atoms with Crippen LogP contribution in [0.3, 0.4) is 0 Å². The van der Waals surface area contributed by atoms with Crippen LogP contribution in [0.1, 0.15) is 18.1 Å². The van der Waals surface area contributed by atoms with Gasteiger partial charge in [-0.15, -0.1) is 11.8 Å². The molecule has 2 N–H and O–H groups in total. The lowest BCUT2D eigenvalue weighted by Gasteiger charge is -2.00. The first kappa shape index (κ1) is 17.3. The number of aliphatic hydroxyl groups is 1. The van der Waals surface area contributed by atoms with E-state index in [2.05, 4.69) is 60.7 Å². The van der Waals surface area contributed by atoms with Crippen molar-refractivity contribution >= 4 is 17.7 Å². The molecule has 0 fully saturated rings. The second kappa shape index (κ2) is 10.0. The van der Waals surface area contributed by atoms with Gasteiger partial charge >= 0.3 is 5.97 Å². The minimum Gasteiger partial charge on any atom is -0.479 e. The fourth-order valence-electron chi connectivity index (χ4n) is 1.66. The molecule has 0 bridgehead atoms. The van der Waals surface area contributed by atoms with Gasteiger partial charge in [0.25, 0.3) is 0 Å². The van der Waals surface area contributed by atoms with E-state index in [-0.39, 0.29) is 0 Å². The maximum absolute atomic E-state index is 9.82. The van der Waals surface area contributed by atoms with E-state index < -0.39 is 11.4 Å². The van der Waals surface area contributed by atoms with Gasteiger partial charge in [-0.2, -0.15) is 0 Å². The van der Waals surface area contributed by atoms with E-state index in [0.717, 1.165) is 18.2 Å². The molecule has 0 saturated carbocycles. The molecule has 0 aromatic heterocycles. The topological polar surface area (TPSA) is 57.5 Å². The summed E-state index contributed by atoms with van der Waals surface area (Å²) in [4.78, 5) is 9.82. The molecule has 0 radical (unpaired) electrons. The van der Waals surface area contributed by atoms with Crippen LogP contribution in [-0.4, -0.2) is 27.4 Å². The number of rotatable bonds is 5. The Hall–Kier alpha value is -1.78. The zero-order valence-electron chi connectivity index (χ0n) is 12.0. The number of benzene rings is 2. The van der Waals surface area contributed by atoms with Crippen LogP contribution in [0.5, 0.6) is 0 Å². The Bertz CT molecular complexity index is 477. The van der Waals surface area contributed by atoms with Gasteiger partial charge in [0.15, 0.2) is 5.44 Å². The summed E-state index contributed by atoms with van der Waals surface area (Å²) >= 11 is 0.995. The Balaban J connectivity index is 0.000000240. The van der Waals surface area contributed by atoms with Crippen molar-refractivity contribution < 1.29 is 15.0 Å². The fourth-order valence-corrected chi connectivity index (χ4v) is 2.11. The molecular weight excluding hydrogens is 284 g/mol. The van der Waals surface area contributed by atoms with Crippen molar-refractivity contribution in [2.24, 2.45) is 0 Å². The van der Waals surface area contributed by atoms with E-state index in [0.29, 0.717) is 5.75 Å². The number of carbonyl (C=O) groups is 1. The van der Waals surface area contributed by atoms with Crippen LogP contribution in [0.25, 0.3) is 0 Å². The van der Waals surface area contributed by atoms with Crippen molar-refractivity contribution in [1.29, 1.82) is 0 Å². The summed E-state index contributed by atoms with van der Waals surface area (Å²) in [5.41, 5.74) is 1.49. The smallest absolute Gasteiger partial charge is 0.343 e. The van der Waals surface area contributed by atoms with Crippen LogP contribution in [0, 0.1) is 0 Å². The third-order valence-electron chi connectivity index (χ3n) is 2.63. The number of thioether (sulfide) groups is 1. The van der Waals surface area contributed by atoms with Crippen molar-refractivity contribution in [3.63, 3.8) is 0 Å². The second-order valence-electron chi connectivity index (χ2n) is 4.29. The molecule has 0 heterocycles. The highest BCUT2D eigenvalue weighted by atomic mass is 32.2. The summed E-state index contributed by atoms with van der Waals surface area (Å²) in [6.45, 7) is 1.79. The highest BCUT2D eigenvalue weighted by Crippen LogP contribution is 2.08. The third-order valence-corrected chi connectivity index (χ3v) is 3.48. The molecule has 2 rings (SSSR count). The monoisotopic (exact) mass is 304 g/mol. The quantitative estimate of drug-likeness (QED) is 0.831. The van der Waals surface area contributed by atoms with Gasteiger partial charge in [-0.25, -0.2) is 4.79 Å². The minimum atomic E-state index is -1.25. The average molecular weight is 304 g/mol. The van der Waals surface area contributed by atoms with Gasteiger partial charge in [0.05, 0.1) is 0 Å². The summed E-state index contributed by atoms with van der Waals surface area (Å²) in [7, 11) is 0. The number of aliphatic carboxylic acids is 1. The van der Waals surface area contributed by atoms with E-state index >= 15 is 0 Å². The van der Waals surface area contributed by atoms with Crippen LogP contribution in [0.4, 0.5) is 0 Å². The van der Waals surface area contributed by atoms with E-state index in [9.17, 15) is 4.79 Å². The minimum absolute atomic E-state index is 0.619. The molecule has 0 spiro atoms. The molecule has 0 aliphatic heterocycles. The molecule has 0 aliphatic rings. The molecule has 3 nitrogen and oxygen atoms in total. The van der Waals surface area contributed by atoms with Gasteiger partial charge in [0.1, 0.15) is 0 Å². The molecular formula is C17H20O3S. The third kappa shape index (κ3) is 7.54. The Morgan fingerprint density at radius 2 is 1.43 bits per heavy atom. The lowest BCUT2D eigenvalue weighted by atomic mass is 10.1. The summed E-state index contributed by atoms with van der Waals surface area (Å²) < 4.78 is 0. The van der Waals surface area contributed by atoms with Crippen LogP contribution < -0.4 is 0 Å². The van der Waals surface area contributed by atoms with Crippen molar-refractivity contribution in [3.8, 4) is 0 Å². The van der Waals surface area contributed by atoms with Crippen LogP contribution in [-0.2, 0) is 11.2 Å². The molecule has 0 saturated heterocycles. The van der Waals surface area contributed by atoms with E-state index in [1.165, 1.54) is 11.1 Å². The molecule has 2 aromatic carbocycles.